The van der Waals surface area contributed by atoms with Gasteiger partial charge in [-0.25, -0.2) is 4.79 Å². The molecule has 0 fully saturated rings. The number of benzene rings is 3. The van der Waals surface area contributed by atoms with E-state index < -0.39 is 12.1 Å². The third-order valence-corrected chi connectivity index (χ3v) is 5.28. The van der Waals surface area contributed by atoms with Crippen molar-refractivity contribution in [1.29, 1.82) is 0 Å². The highest BCUT2D eigenvalue weighted by atomic mass is 16.5. The van der Waals surface area contributed by atoms with Crippen molar-refractivity contribution in [1.82, 2.24) is 4.98 Å². The van der Waals surface area contributed by atoms with Crippen LogP contribution < -0.4 is 4.74 Å². The minimum absolute atomic E-state index is 0.276. The zero-order valence-electron chi connectivity index (χ0n) is 17.9. The highest BCUT2D eigenvalue weighted by molar-refractivity contribution is 6.11. The Kier molecular flexibility index (Phi) is 6.66. The summed E-state index contributed by atoms with van der Waals surface area (Å²) in [6.07, 6.45) is 2.64. The van der Waals surface area contributed by atoms with Crippen LogP contribution in [0.15, 0.2) is 85.1 Å². The smallest absolute Gasteiger partial charge is 0.339 e. The van der Waals surface area contributed by atoms with Gasteiger partial charge in [0.05, 0.1) is 12.2 Å². The Morgan fingerprint density at radius 3 is 2.38 bits per heavy atom. The van der Waals surface area contributed by atoms with Gasteiger partial charge in [-0.05, 0) is 36.8 Å². The van der Waals surface area contributed by atoms with Gasteiger partial charge in [0, 0.05) is 28.2 Å². The summed E-state index contributed by atoms with van der Waals surface area (Å²) in [6, 6.07) is 23.4. The predicted molar refractivity (Wildman–Crippen MR) is 124 cm³/mol. The first-order valence-electron chi connectivity index (χ1n) is 10.8. The zero-order valence-corrected chi connectivity index (χ0v) is 17.9. The van der Waals surface area contributed by atoms with Crippen LogP contribution in [0, 0.1) is 0 Å². The number of hydrogen-bond donors (Lipinski definition) is 1. The third kappa shape index (κ3) is 4.72. The van der Waals surface area contributed by atoms with Crippen molar-refractivity contribution in [3.63, 3.8) is 0 Å². The van der Waals surface area contributed by atoms with Gasteiger partial charge in [0.15, 0.2) is 6.10 Å². The van der Waals surface area contributed by atoms with E-state index in [9.17, 15) is 9.59 Å². The molecule has 1 N–H and O–H groups in total. The molecule has 0 bridgehead atoms. The number of H-pyrrole nitrogens is 1. The predicted octanol–water partition coefficient (Wildman–Crippen LogP) is 6.13. The van der Waals surface area contributed by atoms with Crippen molar-refractivity contribution in [2.75, 3.05) is 6.61 Å². The molecule has 3 aromatic carbocycles. The van der Waals surface area contributed by atoms with E-state index in [0.717, 1.165) is 23.7 Å². The van der Waals surface area contributed by atoms with Crippen LogP contribution in [0.1, 0.15) is 52.1 Å². The van der Waals surface area contributed by atoms with Gasteiger partial charge in [-0.2, -0.15) is 0 Å². The summed E-state index contributed by atoms with van der Waals surface area (Å²) in [6.45, 7) is 2.73. The summed E-state index contributed by atoms with van der Waals surface area (Å²) in [5, 5.41) is 0.795. The molecule has 0 unspecified atom stereocenters. The van der Waals surface area contributed by atoms with Crippen LogP contribution in [0.4, 0.5) is 0 Å². The van der Waals surface area contributed by atoms with Gasteiger partial charge in [-0.3, -0.25) is 4.79 Å². The minimum Gasteiger partial charge on any atom is -0.494 e. The van der Waals surface area contributed by atoms with Gasteiger partial charge >= 0.3 is 5.97 Å². The van der Waals surface area contributed by atoms with Crippen LogP contribution in [0.2, 0.25) is 0 Å². The molecule has 1 atom stereocenters. The van der Waals surface area contributed by atoms with E-state index in [1.807, 2.05) is 42.5 Å². The highest BCUT2D eigenvalue weighted by Crippen LogP contribution is 2.28. The van der Waals surface area contributed by atoms with Crippen LogP contribution in [-0.4, -0.2) is 23.3 Å². The molecule has 1 aromatic heterocycles. The van der Waals surface area contributed by atoms with Crippen molar-refractivity contribution in [2.45, 2.75) is 25.9 Å². The number of para-hydroxylation sites is 1. The first-order valence-corrected chi connectivity index (χ1v) is 10.8. The summed E-state index contributed by atoms with van der Waals surface area (Å²) in [7, 11) is 0. The second kappa shape index (κ2) is 9.96. The molecule has 0 radical (unpaired) electrons. The van der Waals surface area contributed by atoms with Crippen LogP contribution in [0.3, 0.4) is 0 Å². The molecule has 0 saturated heterocycles. The number of carbonyl (C=O) groups is 2. The zero-order chi connectivity index (χ0) is 22.3. The fourth-order valence-corrected chi connectivity index (χ4v) is 3.51. The number of unbranched alkanes of at least 4 members (excludes halogenated alkanes) is 1. The fourth-order valence-electron chi connectivity index (χ4n) is 3.51. The van der Waals surface area contributed by atoms with Gasteiger partial charge in [-0.1, -0.05) is 61.9 Å². The number of ketones is 1. The van der Waals surface area contributed by atoms with Crippen LogP contribution >= 0.6 is 0 Å². The Morgan fingerprint density at radius 1 is 0.906 bits per heavy atom. The van der Waals surface area contributed by atoms with Gasteiger partial charge in [0.25, 0.3) is 0 Å². The second-order valence-electron chi connectivity index (χ2n) is 7.53. The minimum atomic E-state index is -1.05. The first-order chi connectivity index (χ1) is 15.7. The molecule has 0 saturated carbocycles. The van der Waals surface area contributed by atoms with Crippen molar-refractivity contribution in [3.05, 3.63) is 102 Å². The first kappa shape index (κ1) is 21.4. The maximum atomic E-state index is 13.5. The monoisotopic (exact) mass is 427 g/mol. The lowest BCUT2D eigenvalue weighted by molar-refractivity contribution is 0.0280. The number of hydrogen-bond acceptors (Lipinski definition) is 4. The molecule has 0 aliphatic carbocycles. The van der Waals surface area contributed by atoms with Crippen LogP contribution in [0.25, 0.3) is 10.9 Å². The number of esters is 1. The van der Waals surface area contributed by atoms with Gasteiger partial charge < -0.3 is 14.5 Å². The number of rotatable bonds is 9. The number of carbonyl (C=O) groups excluding carboxylic acids is 2. The largest absolute Gasteiger partial charge is 0.494 e. The lowest BCUT2D eigenvalue weighted by Crippen LogP contribution is -2.20. The van der Waals surface area contributed by atoms with E-state index in [-0.39, 0.29) is 5.78 Å². The van der Waals surface area contributed by atoms with E-state index >= 15 is 0 Å². The number of fused-ring (bicyclic) bond motifs is 1. The second-order valence-corrected chi connectivity index (χ2v) is 7.53. The Bertz CT molecular complexity index is 1200. The fraction of sp³-hybridized carbons (Fsp3) is 0.185. The average Bonchev–Trinajstić information content (AvgIpc) is 3.27. The van der Waals surface area contributed by atoms with E-state index in [1.165, 1.54) is 0 Å². The van der Waals surface area contributed by atoms with Crippen molar-refractivity contribution in [3.8, 4) is 5.75 Å². The Hall–Kier alpha value is -3.86. The molecule has 0 amide bonds. The van der Waals surface area contributed by atoms with Crippen LogP contribution in [-0.2, 0) is 4.74 Å². The Labute approximate surface area is 187 Å². The molecule has 4 rings (SSSR count). The molecular weight excluding hydrogens is 402 g/mol. The maximum absolute atomic E-state index is 13.5. The van der Waals surface area contributed by atoms with E-state index in [4.69, 9.17) is 9.47 Å². The van der Waals surface area contributed by atoms with E-state index in [0.29, 0.717) is 29.0 Å². The molecule has 32 heavy (non-hydrogen) atoms. The van der Waals surface area contributed by atoms with Gasteiger partial charge in [0.1, 0.15) is 5.75 Å². The van der Waals surface area contributed by atoms with Crippen molar-refractivity contribution >= 4 is 22.7 Å². The number of nitrogens with one attached hydrogen (secondary N) is 1. The molecule has 0 spiro atoms. The molecule has 0 aliphatic rings. The Balaban J connectivity index is 1.58. The third-order valence-electron chi connectivity index (χ3n) is 5.28. The summed E-state index contributed by atoms with van der Waals surface area (Å²) >= 11 is 0. The van der Waals surface area contributed by atoms with Crippen molar-refractivity contribution < 1.29 is 19.1 Å². The molecule has 162 valence electrons. The standard InChI is InChI=1S/C27H25NO4/c1-2-3-17-31-21-15-13-20(14-16-21)27(30)32-26(19-9-5-4-6-10-19)25(29)23-18-28-24-12-8-7-11-22(23)24/h4-16,18,26,28H,2-3,17H2,1H3/t26-/m0/s1. The Morgan fingerprint density at radius 2 is 1.62 bits per heavy atom. The summed E-state index contributed by atoms with van der Waals surface area (Å²) in [5.41, 5.74) is 2.32. The lowest BCUT2D eigenvalue weighted by atomic mass is 9.99. The maximum Gasteiger partial charge on any atom is 0.339 e. The number of aromatic amines is 1. The topological polar surface area (TPSA) is 68.4 Å². The molecule has 5 nitrogen and oxygen atoms in total. The van der Waals surface area contributed by atoms with Gasteiger partial charge in [-0.15, -0.1) is 0 Å². The lowest BCUT2D eigenvalue weighted by Gasteiger charge is -2.17. The molecule has 1 heterocycles. The number of ether oxygens (including phenoxy) is 2. The highest BCUT2D eigenvalue weighted by Gasteiger charge is 2.28. The quantitative estimate of drug-likeness (QED) is 0.198. The summed E-state index contributed by atoms with van der Waals surface area (Å²) < 4.78 is 11.4. The molecule has 5 heteroatoms. The average molecular weight is 428 g/mol. The van der Waals surface area contributed by atoms with Crippen LogP contribution in [0.5, 0.6) is 5.75 Å². The SMILES string of the molecule is CCCCOc1ccc(C(=O)O[C@H](C(=O)c2c[nH]c3ccccc23)c2ccccc2)cc1. The van der Waals surface area contributed by atoms with E-state index in [1.54, 1.807) is 42.6 Å². The molecule has 4 aromatic rings. The molecular formula is C27H25NO4. The summed E-state index contributed by atoms with van der Waals surface area (Å²) in [5.74, 6) is -0.141. The number of Topliss-reactive ketones (excluding diaryl/α,β-unsaturated/α-hetero) is 1. The van der Waals surface area contributed by atoms with Gasteiger partial charge in [0.2, 0.25) is 5.78 Å². The summed E-state index contributed by atoms with van der Waals surface area (Å²) in [4.78, 5) is 29.5. The van der Waals surface area contributed by atoms with E-state index in [2.05, 4.69) is 11.9 Å². The normalized spacial score (nSPS) is 11.8. The van der Waals surface area contributed by atoms with Crippen molar-refractivity contribution in [2.24, 2.45) is 0 Å². The molecule has 0 aliphatic heterocycles. The number of aromatic nitrogens is 1.